The fraction of sp³-hybridized carbons (Fsp3) is 0.385. The van der Waals surface area contributed by atoms with Crippen LogP contribution >= 0.6 is 11.3 Å². The Morgan fingerprint density at radius 3 is 2.18 bits per heavy atom. The number of carbonyl (C=O) groups is 1. The van der Waals surface area contributed by atoms with E-state index in [0.29, 0.717) is 5.56 Å². The maximum atomic E-state index is 14.1. The van der Waals surface area contributed by atoms with Gasteiger partial charge in [-0.15, -0.1) is 40.5 Å². The van der Waals surface area contributed by atoms with Gasteiger partial charge in [-0.05, 0) is 55.5 Å². The number of aromatic nitrogens is 1. The molecule has 3 nitrogen and oxygen atoms in total. The monoisotopic (exact) mass is 803 g/mol. The molecule has 0 saturated heterocycles. The third-order valence-corrected chi connectivity index (χ3v) is 10.0. The van der Waals surface area contributed by atoms with Crippen molar-refractivity contribution < 1.29 is 34.4 Å². The second kappa shape index (κ2) is 15.6. The number of benzene rings is 3. The quantitative estimate of drug-likeness (QED) is 0.0966. The summed E-state index contributed by atoms with van der Waals surface area (Å²) in [7, 11) is 0. The zero-order chi connectivity index (χ0) is 32.2. The van der Waals surface area contributed by atoms with Gasteiger partial charge in [0.2, 0.25) is 0 Å². The largest absolute Gasteiger partial charge is 0.512 e. The molecule has 0 saturated carbocycles. The molecule has 0 amide bonds. The molecule has 0 fully saturated rings. The van der Waals surface area contributed by atoms with Crippen LogP contribution in [-0.4, -0.2) is 15.9 Å². The minimum absolute atomic E-state index is 0. The van der Waals surface area contributed by atoms with Crippen LogP contribution in [0.1, 0.15) is 85.3 Å². The molecular weight excluding hydrogens is 758 g/mol. The number of allylic oxidation sites excluding steroid dienone is 2. The molecule has 0 aliphatic heterocycles. The standard InChI is InChI=1S/C26H21FNS.C13H24O2.Ir/c1-15-22(27)10-9-19-20-11-12-28-23(25(20)29-24(15)19)17-13-16-7-5-6-8-18(16)21(14-17)26(2,3)4;1-5-10(6-2)12(14)9-13(15)11(7-3)8-4;/h5-12,14H,1-4H3;9-11,14H,5-8H2,1-4H3;/q-1;;/b;12-9-;. The fourth-order valence-electron chi connectivity index (χ4n) is 5.83. The Labute approximate surface area is 285 Å². The molecule has 2 heterocycles. The number of nitrogens with zero attached hydrogens (tertiary/aromatic N) is 1. The van der Waals surface area contributed by atoms with Gasteiger partial charge in [0, 0.05) is 70.3 Å². The zero-order valence-corrected chi connectivity index (χ0v) is 30.9. The number of halogens is 1. The third kappa shape index (κ3) is 7.91. The van der Waals surface area contributed by atoms with Crippen molar-refractivity contribution in [3.8, 4) is 11.3 Å². The molecule has 2 aromatic heterocycles. The number of aryl methyl sites for hydroxylation is 1. The van der Waals surface area contributed by atoms with Crippen molar-refractivity contribution in [3.63, 3.8) is 0 Å². The first-order chi connectivity index (χ1) is 20.9. The smallest absolute Gasteiger partial charge is 0.162 e. The van der Waals surface area contributed by atoms with Gasteiger partial charge in [0.15, 0.2) is 5.78 Å². The number of hydrogen-bond donors (Lipinski definition) is 1. The predicted molar refractivity (Wildman–Crippen MR) is 186 cm³/mol. The zero-order valence-electron chi connectivity index (χ0n) is 27.7. The molecule has 3 aromatic carbocycles. The number of fused-ring (bicyclic) bond motifs is 4. The number of ketones is 1. The van der Waals surface area contributed by atoms with Crippen LogP contribution in [0.25, 0.3) is 42.2 Å². The summed E-state index contributed by atoms with van der Waals surface area (Å²) >= 11 is 1.62. The van der Waals surface area contributed by atoms with Gasteiger partial charge in [0.05, 0.1) is 5.76 Å². The van der Waals surface area contributed by atoms with Gasteiger partial charge < -0.3 is 5.11 Å². The molecule has 6 heteroatoms. The second-order valence-corrected chi connectivity index (χ2v) is 13.6. The van der Waals surface area contributed by atoms with Crippen LogP contribution in [0.3, 0.4) is 0 Å². The van der Waals surface area contributed by atoms with E-state index >= 15 is 0 Å². The summed E-state index contributed by atoms with van der Waals surface area (Å²) in [4.78, 5) is 16.5. The molecule has 0 atom stereocenters. The third-order valence-electron chi connectivity index (χ3n) is 8.66. The first-order valence-corrected chi connectivity index (χ1v) is 16.6. The second-order valence-electron chi connectivity index (χ2n) is 12.6. The normalized spacial score (nSPS) is 12.1. The number of pyridine rings is 1. The molecule has 0 aliphatic carbocycles. The van der Waals surface area contributed by atoms with Crippen molar-refractivity contribution in [2.75, 3.05) is 0 Å². The number of aliphatic hydroxyl groups is 1. The first kappa shape index (κ1) is 36.5. The SMILES string of the molecule is CCC(CC)C(=O)/C=C(\O)C(CC)CC.Cc1c(F)ccc2c1sc1c(-c3[c-]c4ccccc4c(C(C)(C)C)c3)nccc12.[Ir]. The molecule has 0 bridgehead atoms. The summed E-state index contributed by atoms with van der Waals surface area (Å²) in [6, 6.07) is 19.7. The maximum absolute atomic E-state index is 14.1. The molecule has 5 aromatic rings. The molecule has 45 heavy (non-hydrogen) atoms. The topological polar surface area (TPSA) is 50.2 Å². The first-order valence-electron chi connectivity index (χ1n) is 15.8. The number of hydrogen-bond acceptors (Lipinski definition) is 4. The van der Waals surface area contributed by atoms with E-state index < -0.39 is 0 Å². The van der Waals surface area contributed by atoms with Gasteiger partial charge in [0.1, 0.15) is 5.82 Å². The van der Waals surface area contributed by atoms with Crippen LogP contribution in [0.15, 0.2) is 66.6 Å². The molecule has 0 aliphatic rings. The molecule has 1 radical (unpaired) electrons. The van der Waals surface area contributed by atoms with Crippen LogP contribution in [0.2, 0.25) is 0 Å². The van der Waals surface area contributed by atoms with E-state index in [-0.39, 0.29) is 54.7 Å². The van der Waals surface area contributed by atoms with Crippen LogP contribution in [-0.2, 0) is 30.3 Å². The number of rotatable bonds is 8. The minimum Gasteiger partial charge on any atom is -0.512 e. The average Bonchev–Trinajstić information content (AvgIpc) is 3.39. The summed E-state index contributed by atoms with van der Waals surface area (Å²) < 4.78 is 16.2. The van der Waals surface area contributed by atoms with Gasteiger partial charge in [-0.3, -0.25) is 9.78 Å². The Morgan fingerprint density at radius 2 is 1.56 bits per heavy atom. The van der Waals surface area contributed by atoms with Gasteiger partial charge in [-0.2, -0.15) is 0 Å². The van der Waals surface area contributed by atoms with E-state index in [1.807, 2.05) is 52.9 Å². The predicted octanol–water partition coefficient (Wildman–Crippen LogP) is 11.7. The van der Waals surface area contributed by atoms with Crippen LogP contribution in [0.4, 0.5) is 4.39 Å². The molecule has 0 spiro atoms. The minimum atomic E-state index is -0.161. The summed E-state index contributed by atoms with van der Waals surface area (Å²) in [6.45, 7) is 16.6. The maximum Gasteiger partial charge on any atom is 0.162 e. The van der Waals surface area contributed by atoms with Crippen LogP contribution in [0, 0.1) is 30.6 Å². The van der Waals surface area contributed by atoms with Crippen molar-refractivity contribution in [2.45, 2.75) is 86.5 Å². The van der Waals surface area contributed by atoms with Crippen molar-refractivity contribution >= 4 is 48.1 Å². The summed E-state index contributed by atoms with van der Waals surface area (Å²) in [5.41, 5.74) is 3.89. The summed E-state index contributed by atoms with van der Waals surface area (Å²) in [6.07, 6.45) is 6.76. The summed E-state index contributed by atoms with van der Waals surface area (Å²) in [5, 5.41) is 14.3. The Hall–Kier alpha value is -2.92. The van der Waals surface area contributed by atoms with Gasteiger partial charge in [0.25, 0.3) is 0 Å². The summed E-state index contributed by atoms with van der Waals surface area (Å²) in [5.74, 6) is 0.386. The van der Waals surface area contributed by atoms with Crippen molar-refractivity contribution in [1.82, 2.24) is 4.98 Å². The van der Waals surface area contributed by atoms with E-state index in [4.69, 9.17) is 4.98 Å². The molecule has 1 N–H and O–H groups in total. The molecule has 241 valence electrons. The van der Waals surface area contributed by atoms with Crippen molar-refractivity contribution in [3.05, 3.63) is 89.6 Å². The van der Waals surface area contributed by atoms with E-state index in [1.165, 1.54) is 17.0 Å². The fourth-order valence-corrected chi connectivity index (χ4v) is 7.12. The molecule has 0 unspecified atom stereocenters. The van der Waals surface area contributed by atoms with E-state index in [9.17, 15) is 14.3 Å². The van der Waals surface area contributed by atoms with Gasteiger partial charge in [-0.25, -0.2) is 4.39 Å². The average molecular weight is 803 g/mol. The number of carbonyl (C=O) groups excluding carboxylic acids is 1. The Bertz CT molecular complexity index is 1810. The molecule has 5 rings (SSSR count). The van der Waals surface area contributed by atoms with Crippen molar-refractivity contribution in [1.29, 1.82) is 0 Å². The Kier molecular flexibility index (Phi) is 12.7. The van der Waals surface area contributed by atoms with Crippen LogP contribution < -0.4 is 0 Å². The molecular formula is C39H45FIrNO2S-. The Morgan fingerprint density at radius 1 is 0.933 bits per heavy atom. The van der Waals surface area contributed by atoms with E-state index in [0.717, 1.165) is 62.5 Å². The van der Waals surface area contributed by atoms with E-state index in [2.05, 4.69) is 57.2 Å². The van der Waals surface area contributed by atoms with Crippen molar-refractivity contribution in [2.24, 2.45) is 11.8 Å². The van der Waals surface area contributed by atoms with Crippen LogP contribution in [0.5, 0.6) is 0 Å². The van der Waals surface area contributed by atoms with Gasteiger partial charge >= 0.3 is 0 Å². The number of thiophene rings is 1. The number of aliphatic hydroxyl groups excluding tert-OH is 1. The van der Waals surface area contributed by atoms with Gasteiger partial charge in [-0.1, -0.05) is 83.7 Å². The van der Waals surface area contributed by atoms with E-state index in [1.54, 1.807) is 17.4 Å². The Balaban J connectivity index is 0.000000297.